The summed E-state index contributed by atoms with van der Waals surface area (Å²) in [5, 5.41) is 3.89. The van der Waals surface area contributed by atoms with Crippen LogP contribution in [-0.2, 0) is 10.2 Å². The number of ether oxygens (including phenoxy) is 2. The molecule has 9 heteroatoms. The van der Waals surface area contributed by atoms with E-state index in [0.29, 0.717) is 30.4 Å². The van der Waals surface area contributed by atoms with E-state index in [1.165, 1.54) is 6.07 Å². The normalized spacial score (nSPS) is 19.5. The van der Waals surface area contributed by atoms with Crippen LogP contribution < -0.4 is 4.74 Å². The Labute approximate surface area is 141 Å². The average molecular weight is 355 g/mol. The first-order valence-corrected chi connectivity index (χ1v) is 7.96. The molecular formula is C16H16F3N3O3. The highest BCUT2D eigenvalue weighted by Crippen LogP contribution is 2.45. The van der Waals surface area contributed by atoms with E-state index in [4.69, 9.17) is 14.0 Å². The summed E-state index contributed by atoms with van der Waals surface area (Å²) in [6, 6.07) is 1.45. The largest absolute Gasteiger partial charge is 0.484 e. The highest BCUT2D eigenvalue weighted by Gasteiger charge is 2.41. The van der Waals surface area contributed by atoms with Gasteiger partial charge in [0.2, 0.25) is 11.7 Å². The van der Waals surface area contributed by atoms with Crippen molar-refractivity contribution < 1.29 is 27.2 Å². The van der Waals surface area contributed by atoms with E-state index in [2.05, 4.69) is 15.1 Å². The monoisotopic (exact) mass is 355 g/mol. The van der Waals surface area contributed by atoms with Crippen LogP contribution in [0, 0.1) is 0 Å². The van der Waals surface area contributed by atoms with E-state index in [-0.39, 0.29) is 22.9 Å². The molecule has 1 aliphatic heterocycles. The van der Waals surface area contributed by atoms with Gasteiger partial charge in [-0.05, 0) is 25.7 Å². The van der Waals surface area contributed by atoms with Crippen LogP contribution in [0.3, 0.4) is 0 Å². The summed E-state index contributed by atoms with van der Waals surface area (Å²) < 4.78 is 52.9. The van der Waals surface area contributed by atoms with Gasteiger partial charge in [0.15, 0.2) is 6.61 Å². The van der Waals surface area contributed by atoms with Crippen LogP contribution in [0.25, 0.3) is 11.5 Å². The molecule has 4 rings (SSSR count). The van der Waals surface area contributed by atoms with Crippen LogP contribution in [0.2, 0.25) is 0 Å². The number of nitrogens with zero attached hydrogens (tertiary/aromatic N) is 3. The number of hydrogen-bond donors (Lipinski definition) is 0. The molecule has 134 valence electrons. The van der Waals surface area contributed by atoms with Gasteiger partial charge in [0.05, 0.1) is 18.6 Å². The molecule has 0 atom stereocenters. The minimum absolute atomic E-state index is 0.175. The fourth-order valence-electron chi connectivity index (χ4n) is 2.66. The third-order valence-corrected chi connectivity index (χ3v) is 4.32. The molecule has 1 saturated heterocycles. The third kappa shape index (κ3) is 3.33. The van der Waals surface area contributed by atoms with E-state index < -0.39 is 12.8 Å². The zero-order valence-corrected chi connectivity index (χ0v) is 13.5. The van der Waals surface area contributed by atoms with Gasteiger partial charge in [0, 0.05) is 17.8 Å². The second-order valence-electron chi connectivity index (χ2n) is 6.76. The predicted octanol–water partition coefficient (Wildman–Crippen LogP) is 3.24. The molecule has 0 bridgehead atoms. The Balaban J connectivity index is 1.61. The van der Waals surface area contributed by atoms with Crippen molar-refractivity contribution >= 4 is 0 Å². The molecule has 2 aromatic rings. The van der Waals surface area contributed by atoms with E-state index in [9.17, 15) is 13.2 Å². The van der Waals surface area contributed by atoms with Gasteiger partial charge in [-0.3, -0.25) is 4.98 Å². The summed E-state index contributed by atoms with van der Waals surface area (Å²) in [7, 11) is 0. The van der Waals surface area contributed by atoms with Crippen molar-refractivity contribution in [3.05, 3.63) is 23.7 Å². The Hall–Kier alpha value is -2.16. The maximum absolute atomic E-state index is 12.5. The lowest BCUT2D eigenvalue weighted by Crippen LogP contribution is -2.44. The average Bonchev–Trinajstić information content (AvgIpc) is 3.26. The molecule has 1 saturated carbocycles. The Bertz CT molecular complexity index is 782. The van der Waals surface area contributed by atoms with Crippen molar-refractivity contribution in [3.8, 4) is 17.3 Å². The lowest BCUT2D eigenvalue weighted by atomic mass is 9.89. The van der Waals surface area contributed by atoms with Gasteiger partial charge in [-0.15, -0.1) is 0 Å². The van der Waals surface area contributed by atoms with Crippen molar-refractivity contribution in [2.45, 2.75) is 37.3 Å². The topological polar surface area (TPSA) is 70.3 Å². The maximum atomic E-state index is 12.5. The Kier molecular flexibility index (Phi) is 3.71. The number of rotatable bonds is 5. The summed E-state index contributed by atoms with van der Waals surface area (Å²) in [5.74, 6) is 1.04. The minimum atomic E-state index is -4.40. The summed E-state index contributed by atoms with van der Waals surface area (Å²) in [5.41, 5.74) is 0.686. The molecule has 0 aromatic carbocycles. The van der Waals surface area contributed by atoms with E-state index in [1.54, 1.807) is 6.20 Å². The summed E-state index contributed by atoms with van der Waals surface area (Å²) in [6.45, 7) is 1.57. The van der Waals surface area contributed by atoms with Gasteiger partial charge in [-0.1, -0.05) is 5.16 Å². The Morgan fingerprint density at radius 2 is 2.08 bits per heavy atom. The Morgan fingerprint density at radius 3 is 2.68 bits per heavy atom. The molecule has 6 nitrogen and oxygen atoms in total. The molecule has 0 amide bonds. The number of pyridine rings is 1. The molecule has 0 radical (unpaired) electrons. The van der Waals surface area contributed by atoms with E-state index >= 15 is 0 Å². The molecule has 0 unspecified atom stereocenters. The molecular weight excluding hydrogens is 339 g/mol. The van der Waals surface area contributed by atoms with Crippen molar-refractivity contribution in [3.63, 3.8) is 0 Å². The van der Waals surface area contributed by atoms with E-state index in [0.717, 1.165) is 12.8 Å². The first-order valence-electron chi connectivity index (χ1n) is 7.96. The second-order valence-corrected chi connectivity index (χ2v) is 6.76. The molecule has 2 fully saturated rings. The molecule has 25 heavy (non-hydrogen) atoms. The van der Waals surface area contributed by atoms with Crippen LogP contribution in [0.5, 0.6) is 5.75 Å². The van der Waals surface area contributed by atoms with Crippen molar-refractivity contribution in [2.75, 3.05) is 19.8 Å². The summed E-state index contributed by atoms with van der Waals surface area (Å²) in [4.78, 5) is 8.59. The highest BCUT2D eigenvalue weighted by molar-refractivity contribution is 5.54. The molecule has 0 spiro atoms. The highest BCUT2D eigenvalue weighted by atomic mass is 19.4. The molecule has 2 aromatic heterocycles. The summed E-state index contributed by atoms with van der Waals surface area (Å²) in [6.07, 6.45) is -1.01. The SMILES string of the molecule is CC1(c2nc(-c3cc(OCC(F)(F)F)c(C4CC4)cn3)no2)COC1. The van der Waals surface area contributed by atoms with Gasteiger partial charge >= 0.3 is 6.18 Å². The fraction of sp³-hybridized carbons (Fsp3) is 0.562. The zero-order valence-electron chi connectivity index (χ0n) is 13.5. The first kappa shape index (κ1) is 16.3. The third-order valence-electron chi connectivity index (χ3n) is 4.32. The minimum Gasteiger partial charge on any atom is -0.484 e. The number of alkyl halides is 3. The quantitative estimate of drug-likeness (QED) is 0.820. The van der Waals surface area contributed by atoms with E-state index in [1.807, 2.05) is 6.92 Å². The van der Waals surface area contributed by atoms with Gasteiger partial charge in [0.1, 0.15) is 11.4 Å². The van der Waals surface area contributed by atoms with Crippen LogP contribution in [0.1, 0.15) is 37.1 Å². The summed E-state index contributed by atoms with van der Waals surface area (Å²) >= 11 is 0. The molecule has 3 heterocycles. The Morgan fingerprint density at radius 1 is 1.32 bits per heavy atom. The number of aromatic nitrogens is 3. The lowest BCUT2D eigenvalue weighted by molar-refractivity contribution is -0.153. The zero-order chi connectivity index (χ0) is 17.7. The lowest BCUT2D eigenvalue weighted by Gasteiger charge is -2.33. The number of hydrogen-bond acceptors (Lipinski definition) is 6. The van der Waals surface area contributed by atoms with Crippen molar-refractivity contribution in [2.24, 2.45) is 0 Å². The van der Waals surface area contributed by atoms with Crippen molar-refractivity contribution in [1.29, 1.82) is 0 Å². The van der Waals surface area contributed by atoms with Crippen LogP contribution in [0.15, 0.2) is 16.8 Å². The van der Waals surface area contributed by atoms with Crippen LogP contribution >= 0.6 is 0 Å². The van der Waals surface area contributed by atoms with Gasteiger partial charge in [-0.2, -0.15) is 18.2 Å². The predicted molar refractivity (Wildman–Crippen MR) is 79.2 cm³/mol. The van der Waals surface area contributed by atoms with Crippen molar-refractivity contribution in [1.82, 2.24) is 15.1 Å². The first-order chi connectivity index (χ1) is 11.8. The second kappa shape index (κ2) is 5.69. The molecule has 2 aliphatic rings. The number of halogens is 3. The van der Waals surface area contributed by atoms with Gasteiger partial charge in [-0.25, -0.2) is 0 Å². The smallest absolute Gasteiger partial charge is 0.422 e. The fourth-order valence-corrected chi connectivity index (χ4v) is 2.66. The maximum Gasteiger partial charge on any atom is 0.422 e. The standard InChI is InChI=1S/C16H16F3N3O3/c1-15(6-23-7-15)14-21-13(22-25-14)11-4-12(24-8-16(17,18)19)10(5-20-11)9-2-3-9/h4-5,9H,2-3,6-8H2,1H3. The van der Waals surface area contributed by atoms with Gasteiger partial charge < -0.3 is 14.0 Å². The van der Waals surface area contributed by atoms with Crippen LogP contribution in [-0.4, -0.2) is 41.1 Å². The van der Waals surface area contributed by atoms with Crippen LogP contribution in [0.4, 0.5) is 13.2 Å². The molecule has 1 aliphatic carbocycles. The van der Waals surface area contributed by atoms with Gasteiger partial charge in [0.25, 0.3) is 0 Å². The molecule has 0 N–H and O–H groups in total.